The van der Waals surface area contributed by atoms with Gasteiger partial charge in [-0.3, -0.25) is 0 Å². The second-order valence-corrected chi connectivity index (χ2v) is 3.65. The van der Waals surface area contributed by atoms with Gasteiger partial charge in [0.2, 0.25) is 0 Å². The summed E-state index contributed by atoms with van der Waals surface area (Å²) in [5.74, 6) is -0.219. The van der Waals surface area contributed by atoms with Crippen LogP contribution in [0.3, 0.4) is 0 Å². The summed E-state index contributed by atoms with van der Waals surface area (Å²) in [6.07, 6.45) is -4.72. The van der Waals surface area contributed by atoms with Gasteiger partial charge in [0, 0.05) is 5.92 Å². The van der Waals surface area contributed by atoms with Gasteiger partial charge in [-0.1, -0.05) is 19.1 Å². The van der Waals surface area contributed by atoms with Crippen molar-refractivity contribution in [2.24, 2.45) is 11.7 Å². The molecular formula is C11H14F3NO2. The van der Waals surface area contributed by atoms with Crippen LogP contribution in [0.4, 0.5) is 13.2 Å². The van der Waals surface area contributed by atoms with E-state index >= 15 is 0 Å². The summed E-state index contributed by atoms with van der Waals surface area (Å²) in [7, 11) is 0. The summed E-state index contributed by atoms with van der Waals surface area (Å²) in [5, 5.41) is 0. The van der Waals surface area contributed by atoms with Gasteiger partial charge in [0.1, 0.15) is 0 Å². The van der Waals surface area contributed by atoms with Gasteiger partial charge in [-0.2, -0.15) is 0 Å². The van der Waals surface area contributed by atoms with E-state index in [4.69, 9.17) is 10.5 Å². The fraction of sp³-hybridized carbons (Fsp3) is 0.455. The number of hydrogen-bond acceptors (Lipinski definition) is 3. The van der Waals surface area contributed by atoms with Crippen molar-refractivity contribution in [2.75, 3.05) is 13.2 Å². The fourth-order valence-electron chi connectivity index (χ4n) is 1.08. The van der Waals surface area contributed by atoms with Crippen molar-refractivity contribution in [3.8, 4) is 11.5 Å². The zero-order chi connectivity index (χ0) is 12.9. The Morgan fingerprint density at radius 2 is 1.82 bits per heavy atom. The molecule has 0 aromatic heterocycles. The molecule has 0 bridgehead atoms. The predicted molar refractivity (Wildman–Crippen MR) is 56.8 cm³/mol. The molecule has 0 heterocycles. The van der Waals surface area contributed by atoms with E-state index in [-0.39, 0.29) is 24.0 Å². The molecule has 1 unspecified atom stereocenters. The summed E-state index contributed by atoms with van der Waals surface area (Å²) < 4.78 is 45.3. The molecule has 0 saturated heterocycles. The molecule has 0 aliphatic heterocycles. The van der Waals surface area contributed by atoms with Crippen LogP contribution in [0.5, 0.6) is 11.5 Å². The number of benzene rings is 1. The first-order valence-corrected chi connectivity index (χ1v) is 5.10. The molecule has 0 aliphatic carbocycles. The van der Waals surface area contributed by atoms with Gasteiger partial charge in [-0.25, -0.2) is 0 Å². The lowest BCUT2D eigenvalue weighted by molar-refractivity contribution is -0.275. The molecule has 0 radical (unpaired) electrons. The van der Waals surface area contributed by atoms with E-state index in [0.29, 0.717) is 6.54 Å². The van der Waals surface area contributed by atoms with Gasteiger partial charge in [0.15, 0.2) is 11.5 Å². The van der Waals surface area contributed by atoms with Gasteiger partial charge in [0.25, 0.3) is 0 Å². The van der Waals surface area contributed by atoms with Gasteiger partial charge >= 0.3 is 6.36 Å². The largest absolute Gasteiger partial charge is 0.573 e. The third-order valence-electron chi connectivity index (χ3n) is 2.00. The molecule has 1 aromatic rings. The second-order valence-electron chi connectivity index (χ2n) is 3.65. The summed E-state index contributed by atoms with van der Waals surface area (Å²) in [6.45, 7) is 2.49. The van der Waals surface area contributed by atoms with Crippen molar-refractivity contribution in [1.82, 2.24) is 0 Å². The first kappa shape index (κ1) is 13.6. The van der Waals surface area contributed by atoms with Crippen LogP contribution < -0.4 is 15.2 Å². The lowest BCUT2D eigenvalue weighted by Crippen LogP contribution is -2.20. The Balaban J connectivity index is 2.71. The zero-order valence-electron chi connectivity index (χ0n) is 9.33. The molecule has 17 heavy (non-hydrogen) atoms. The number of nitrogens with two attached hydrogens (primary N) is 1. The van der Waals surface area contributed by atoms with Crippen molar-refractivity contribution in [3.05, 3.63) is 24.3 Å². The van der Waals surface area contributed by atoms with E-state index in [2.05, 4.69) is 4.74 Å². The number of para-hydroxylation sites is 2. The molecule has 6 heteroatoms. The second kappa shape index (κ2) is 5.77. The molecular weight excluding hydrogens is 235 g/mol. The Hall–Kier alpha value is -1.43. The zero-order valence-corrected chi connectivity index (χ0v) is 9.33. The number of alkyl halides is 3. The third-order valence-corrected chi connectivity index (χ3v) is 2.00. The normalized spacial score (nSPS) is 13.2. The lowest BCUT2D eigenvalue weighted by Gasteiger charge is -2.15. The highest BCUT2D eigenvalue weighted by atomic mass is 19.4. The molecule has 0 amide bonds. The van der Waals surface area contributed by atoms with Crippen LogP contribution in [0, 0.1) is 5.92 Å². The van der Waals surface area contributed by atoms with Gasteiger partial charge in [-0.15, -0.1) is 13.2 Å². The maximum absolute atomic E-state index is 12.1. The van der Waals surface area contributed by atoms with E-state index in [1.807, 2.05) is 6.92 Å². The minimum atomic E-state index is -4.72. The van der Waals surface area contributed by atoms with Crippen LogP contribution >= 0.6 is 0 Å². The Bertz CT molecular complexity index is 355. The molecule has 96 valence electrons. The maximum atomic E-state index is 12.1. The monoisotopic (exact) mass is 249 g/mol. The fourth-order valence-corrected chi connectivity index (χ4v) is 1.08. The number of ether oxygens (including phenoxy) is 2. The van der Waals surface area contributed by atoms with Crippen molar-refractivity contribution >= 4 is 0 Å². The van der Waals surface area contributed by atoms with Crippen molar-refractivity contribution in [1.29, 1.82) is 0 Å². The first-order chi connectivity index (χ1) is 7.92. The van der Waals surface area contributed by atoms with Gasteiger partial charge < -0.3 is 15.2 Å². The molecule has 2 N–H and O–H groups in total. The molecule has 1 atom stereocenters. The van der Waals surface area contributed by atoms with E-state index in [1.165, 1.54) is 18.2 Å². The number of rotatable bonds is 5. The van der Waals surface area contributed by atoms with Gasteiger partial charge in [0.05, 0.1) is 6.61 Å². The van der Waals surface area contributed by atoms with Crippen LogP contribution in [-0.2, 0) is 0 Å². The van der Waals surface area contributed by atoms with Crippen molar-refractivity contribution in [3.63, 3.8) is 0 Å². The van der Waals surface area contributed by atoms with Crippen LogP contribution in [-0.4, -0.2) is 19.5 Å². The number of halogens is 3. The SMILES string of the molecule is CC(CN)COc1ccccc1OC(F)(F)F. The molecule has 3 nitrogen and oxygen atoms in total. The van der Waals surface area contributed by atoms with Crippen LogP contribution in [0.25, 0.3) is 0 Å². The van der Waals surface area contributed by atoms with E-state index in [9.17, 15) is 13.2 Å². The summed E-state index contributed by atoms with van der Waals surface area (Å²) >= 11 is 0. The Morgan fingerprint density at radius 3 is 2.35 bits per heavy atom. The minimum absolute atomic E-state index is 0.0603. The highest BCUT2D eigenvalue weighted by molar-refractivity contribution is 5.39. The topological polar surface area (TPSA) is 44.5 Å². The van der Waals surface area contributed by atoms with Crippen LogP contribution in [0.15, 0.2) is 24.3 Å². The average Bonchev–Trinajstić information content (AvgIpc) is 2.25. The Labute approximate surface area is 97.3 Å². The molecule has 1 rings (SSSR count). The summed E-state index contributed by atoms with van der Waals surface area (Å²) in [4.78, 5) is 0. The molecule has 0 aliphatic rings. The van der Waals surface area contributed by atoms with E-state index in [1.54, 1.807) is 6.07 Å². The van der Waals surface area contributed by atoms with Gasteiger partial charge in [-0.05, 0) is 18.7 Å². The number of hydrogen-bond donors (Lipinski definition) is 1. The smallest absolute Gasteiger partial charge is 0.489 e. The Morgan fingerprint density at radius 1 is 1.24 bits per heavy atom. The van der Waals surface area contributed by atoms with Crippen LogP contribution in [0.2, 0.25) is 0 Å². The highest BCUT2D eigenvalue weighted by Gasteiger charge is 2.32. The summed E-state index contributed by atoms with van der Waals surface area (Å²) in [5.41, 5.74) is 5.38. The maximum Gasteiger partial charge on any atom is 0.573 e. The third kappa shape index (κ3) is 4.95. The molecule has 0 saturated carbocycles. The Kier molecular flexibility index (Phi) is 4.62. The molecule has 0 fully saturated rings. The minimum Gasteiger partial charge on any atom is -0.489 e. The standard InChI is InChI=1S/C11H14F3NO2/c1-8(6-15)7-16-9-4-2-3-5-10(9)17-11(12,13)14/h2-5,8H,6-7,15H2,1H3. The summed E-state index contributed by atoms with van der Waals surface area (Å²) in [6, 6.07) is 5.65. The van der Waals surface area contributed by atoms with E-state index in [0.717, 1.165) is 0 Å². The predicted octanol–water partition coefficient (Wildman–Crippen LogP) is 2.56. The first-order valence-electron chi connectivity index (χ1n) is 5.10. The average molecular weight is 249 g/mol. The molecule has 0 spiro atoms. The van der Waals surface area contributed by atoms with E-state index < -0.39 is 6.36 Å². The quantitative estimate of drug-likeness (QED) is 0.872. The highest BCUT2D eigenvalue weighted by Crippen LogP contribution is 2.31. The van der Waals surface area contributed by atoms with Crippen molar-refractivity contribution < 1.29 is 22.6 Å². The van der Waals surface area contributed by atoms with Crippen LogP contribution in [0.1, 0.15) is 6.92 Å². The lowest BCUT2D eigenvalue weighted by atomic mass is 10.2. The van der Waals surface area contributed by atoms with Crippen molar-refractivity contribution in [2.45, 2.75) is 13.3 Å². The molecule has 1 aromatic carbocycles.